The number of ether oxygens (including phenoxy) is 2. The Balaban J connectivity index is 1.57. The van der Waals surface area contributed by atoms with Gasteiger partial charge in [0, 0.05) is 50.4 Å². The fourth-order valence-corrected chi connectivity index (χ4v) is 4.28. The van der Waals surface area contributed by atoms with Gasteiger partial charge in [0.15, 0.2) is 17.8 Å². The van der Waals surface area contributed by atoms with Crippen LogP contribution in [0.15, 0.2) is 18.3 Å². The molecular formula is C22H30N4O3. The first-order valence-corrected chi connectivity index (χ1v) is 10.6. The summed E-state index contributed by atoms with van der Waals surface area (Å²) in [6.07, 6.45) is 6.16. The number of carbonyl (C=O) groups is 1. The zero-order valence-electron chi connectivity index (χ0n) is 17.2. The summed E-state index contributed by atoms with van der Waals surface area (Å²) < 4.78 is 11.7. The Morgan fingerprint density at radius 3 is 2.66 bits per heavy atom. The minimum Gasteiger partial charge on any atom is -0.493 e. The monoisotopic (exact) mass is 398 g/mol. The van der Waals surface area contributed by atoms with Crippen molar-refractivity contribution in [2.45, 2.75) is 19.3 Å². The summed E-state index contributed by atoms with van der Waals surface area (Å²) >= 11 is 0. The number of hydrogen-bond donors (Lipinski definition) is 1. The van der Waals surface area contributed by atoms with Gasteiger partial charge in [0.1, 0.15) is 0 Å². The van der Waals surface area contributed by atoms with Crippen molar-refractivity contribution in [1.82, 2.24) is 15.2 Å². The Labute approximate surface area is 172 Å². The van der Waals surface area contributed by atoms with Crippen LogP contribution in [0.1, 0.15) is 29.6 Å². The number of methoxy groups -OCH3 is 1. The maximum atomic E-state index is 11.7. The molecule has 3 heterocycles. The smallest absolute Gasteiger partial charge is 0.163 e. The number of piperazine rings is 1. The van der Waals surface area contributed by atoms with Crippen LogP contribution in [0.5, 0.6) is 11.5 Å². The third kappa shape index (κ3) is 4.46. The summed E-state index contributed by atoms with van der Waals surface area (Å²) in [6.45, 7) is 7.65. The molecular weight excluding hydrogens is 368 g/mol. The lowest BCUT2D eigenvalue weighted by atomic mass is 10.1. The van der Waals surface area contributed by atoms with Gasteiger partial charge in [-0.2, -0.15) is 0 Å². The van der Waals surface area contributed by atoms with Crippen molar-refractivity contribution < 1.29 is 14.3 Å². The van der Waals surface area contributed by atoms with Crippen LogP contribution in [0.2, 0.25) is 0 Å². The molecule has 2 aliphatic heterocycles. The van der Waals surface area contributed by atoms with Gasteiger partial charge in [-0.25, -0.2) is 0 Å². The van der Waals surface area contributed by atoms with Crippen LogP contribution in [0.3, 0.4) is 0 Å². The standard InChI is InChI=1S/C22H30N4O3/c1-28-20-13-18-19(14-21(20)29-12-4-9-25-7-2-3-8-25)24-15-17(16-27)22(18)26-10-5-23-6-11-26/h13-16,23H,2-12H2,1H3. The Morgan fingerprint density at radius 1 is 1.14 bits per heavy atom. The number of pyridine rings is 1. The van der Waals surface area contributed by atoms with E-state index in [0.717, 1.165) is 62.0 Å². The van der Waals surface area contributed by atoms with Gasteiger partial charge in [0.25, 0.3) is 0 Å². The summed E-state index contributed by atoms with van der Waals surface area (Å²) in [7, 11) is 1.65. The van der Waals surface area contributed by atoms with Crippen molar-refractivity contribution in [2.75, 3.05) is 64.4 Å². The molecule has 0 bridgehead atoms. The molecule has 0 spiro atoms. The SMILES string of the molecule is COc1cc2c(N3CCNCC3)c(C=O)cnc2cc1OCCCN1CCCC1. The number of carbonyl (C=O) groups excluding carboxylic acids is 1. The molecule has 0 unspecified atom stereocenters. The lowest BCUT2D eigenvalue weighted by Gasteiger charge is -2.31. The molecule has 1 aromatic carbocycles. The van der Waals surface area contributed by atoms with Gasteiger partial charge in [-0.15, -0.1) is 0 Å². The van der Waals surface area contributed by atoms with E-state index in [2.05, 4.69) is 20.1 Å². The van der Waals surface area contributed by atoms with Crippen LogP contribution in [0, 0.1) is 0 Å². The molecule has 0 aliphatic carbocycles. The molecule has 2 fully saturated rings. The number of hydrogen-bond acceptors (Lipinski definition) is 7. The van der Waals surface area contributed by atoms with Crippen molar-refractivity contribution in [3.05, 3.63) is 23.9 Å². The molecule has 0 atom stereocenters. The van der Waals surface area contributed by atoms with Gasteiger partial charge in [-0.1, -0.05) is 0 Å². The first kappa shape index (κ1) is 19.9. The first-order chi connectivity index (χ1) is 14.3. The van der Waals surface area contributed by atoms with Crippen LogP contribution < -0.4 is 19.7 Å². The predicted molar refractivity (Wildman–Crippen MR) is 115 cm³/mol. The summed E-state index contributed by atoms with van der Waals surface area (Å²) in [5.74, 6) is 1.39. The van der Waals surface area contributed by atoms with E-state index < -0.39 is 0 Å². The Bertz CT molecular complexity index is 846. The van der Waals surface area contributed by atoms with Crippen LogP contribution in [0.25, 0.3) is 10.9 Å². The number of anilines is 1. The minimum atomic E-state index is 0.612. The van der Waals surface area contributed by atoms with E-state index in [4.69, 9.17) is 9.47 Å². The molecule has 0 saturated carbocycles. The maximum Gasteiger partial charge on any atom is 0.163 e. The maximum absolute atomic E-state index is 11.7. The number of benzene rings is 1. The van der Waals surface area contributed by atoms with E-state index in [1.54, 1.807) is 13.3 Å². The molecule has 7 nitrogen and oxygen atoms in total. The summed E-state index contributed by atoms with van der Waals surface area (Å²) in [5, 5.41) is 4.29. The highest BCUT2D eigenvalue weighted by Crippen LogP contribution is 2.37. The zero-order valence-corrected chi connectivity index (χ0v) is 17.2. The number of aromatic nitrogens is 1. The molecule has 29 heavy (non-hydrogen) atoms. The van der Waals surface area contributed by atoms with Crippen molar-refractivity contribution in [2.24, 2.45) is 0 Å². The van der Waals surface area contributed by atoms with E-state index in [1.807, 2.05) is 12.1 Å². The highest BCUT2D eigenvalue weighted by molar-refractivity contribution is 6.01. The number of fused-ring (bicyclic) bond motifs is 1. The van der Waals surface area contributed by atoms with Crippen LogP contribution in [-0.2, 0) is 0 Å². The number of nitrogens with zero attached hydrogens (tertiary/aromatic N) is 3. The third-order valence-electron chi connectivity index (χ3n) is 5.79. The Hall–Kier alpha value is -2.38. The van der Waals surface area contributed by atoms with E-state index in [-0.39, 0.29) is 0 Å². The van der Waals surface area contributed by atoms with Gasteiger partial charge in [-0.3, -0.25) is 9.78 Å². The second-order valence-electron chi connectivity index (χ2n) is 7.69. The molecule has 2 saturated heterocycles. The highest BCUT2D eigenvalue weighted by atomic mass is 16.5. The van der Waals surface area contributed by atoms with Gasteiger partial charge >= 0.3 is 0 Å². The van der Waals surface area contributed by atoms with Gasteiger partial charge < -0.3 is 24.6 Å². The third-order valence-corrected chi connectivity index (χ3v) is 5.79. The molecule has 7 heteroatoms. The lowest BCUT2D eigenvalue weighted by molar-refractivity contribution is 0.112. The fraction of sp³-hybridized carbons (Fsp3) is 0.545. The van der Waals surface area contributed by atoms with E-state index in [9.17, 15) is 4.79 Å². The molecule has 2 aliphatic rings. The van der Waals surface area contributed by atoms with Crippen LogP contribution in [0.4, 0.5) is 5.69 Å². The average molecular weight is 399 g/mol. The number of likely N-dealkylation sites (tertiary alicyclic amines) is 1. The zero-order chi connectivity index (χ0) is 20.1. The predicted octanol–water partition coefficient (Wildman–Crippen LogP) is 2.33. The van der Waals surface area contributed by atoms with Gasteiger partial charge in [0.2, 0.25) is 0 Å². The van der Waals surface area contributed by atoms with E-state index in [0.29, 0.717) is 23.7 Å². The average Bonchev–Trinajstić information content (AvgIpc) is 3.29. The second kappa shape index (κ2) is 9.41. The fourth-order valence-electron chi connectivity index (χ4n) is 4.28. The molecule has 0 amide bonds. The molecule has 1 aromatic heterocycles. The quantitative estimate of drug-likeness (QED) is 0.541. The molecule has 2 aromatic rings. The first-order valence-electron chi connectivity index (χ1n) is 10.6. The normalized spacial score (nSPS) is 17.6. The Kier molecular flexibility index (Phi) is 6.46. The van der Waals surface area contributed by atoms with Gasteiger partial charge in [0.05, 0.1) is 30.5 Å². The number of nitrogens with one attached hydrogen (secondary N) is 1. The van der Waals surface area contributed by atoms with E-state index in [1.165, 1.54) is 25.9 Å². The van der Waals surface area contributed by atoms with Gasteiger partial charge in [-0.05, 0) is 38.4 Å². The largest absolute Gasteiger partial charge is 0.493 e. The topological polar surface area (TPSA) is 66.9 Å². The molecule has 1 N–H and O–H groups in total. The molecule has 4 rings (SSSR count). The van der Waals surface area contributed by atoms with Crippen LogP contribution in [-0.4, -0.2) is 75.7 Å². The van der Waals surface area contributed by atoms with Crippen molar-refractivity contribution >= 4 is 22.9 Å². The summed E-state index contributed by atoms with van der Waals surface area (Å²) in [5.41, 5.74) is 2.37. The van der Waals surface area contributed by atoms with Crippen molar-refractivity contribution in [3.8, 4) is 11.5 Å². The Morgan fingerprint density at radius 2 is 1.93 bits per heavy atom. The summed E-state index contributed by atoms with van der Waals surface area (Å²) in [6, 6.07) is 3.90. The highest BCUT2D eigenvalue weighted by Gasteiger charge is 2.20. The van der Waals surface area contributed by atoms with Crippen molar-refractivity contribution in [1.29, 1.82) is 0 Å². The molecule has 0 radical (unpaired) electrons. The number of rotatable bonds is 8. The summed E-state index contributed by atoms with van der Waals surface area (Å²) in [4.78, 5) is 20.9. The minimum absolute atomic E-state index is 0.612. The second-order valence-corrected chi connectivity index (χ2v) is 7.69. The van der Waals surface area contributed by atoms with E-state index >= 15 is 0 Å². The van der Waals surface area contributed by atoms with Crippen LogP contribution >= 0.6 is 0 Å². The van der Waals surface area contributed by atoms with Crippen molar-refractivity contribution in [3.63, 3.8) is 0 Å². The lowest BCUT2D eigenvalue weighted by Crippen LogP contribution is -2.44. The number of aldehydes is 1. The molecule has 156 valence electrons.